The van der Waals surface area contributed by atoms with Gasteiger partial charge in [-0.3, -0.25) is 0 Å². The molecule has 1 heterocycles. The molecule has 0 aromatic heterocycles. The molecule has 0 amide bonds. The Morgan fingerprint density at radius 1 is 1.19 bits per heavy atom. The van der Waals surface area contributed by atoms with Crippen molar-refractivity contribution >= 4 is 0 Å². The van der Waals surface area contributed by atoms with Crippen LogP contribution in [0.3, 0.4) is 0 Å². The summed E-state index contributed by atoms with van der Waals surface area (Å²) in [7, 11) is 3.25. The summed E-state index contributed by atoms with van der Waals surface area (Å²) in [4.78, 5) is 0. The predicted molar refractivity (Wildman–Crippen MR) is 61.4 cm³/mol. The van der Waals surface area contributed by atoms with Gasteiger partial charge in [0.1, 0.15) is 11.9 Å². The summed E-state index contributed by atoms with van der Waals surface area (Å²) in [6, 6.07) is 5.62. The highest BCUT2D eigenvalue weighted by atomic mass is 16.5. The van der Waals surface area contributed by atoms with E-state index in [2.05, 4.69) is 5.32 Å². The van der Waals surface area contributed by atoms with E-state index in [9.17, 15) is 0 Å². The first-order chi connectivity index (χ1) is 7.83. The fourth-order valence-electron chi connectivity index (χ4n) is 1.81. The highest BCUT2D eigenvalue weighted by Crippen LogP contribution is 2.31. The molecule has 1 N–H and O–H groups in total. The molecule has 4 heteroatoms. The molecule has 1 aromatic rings. The van der Waals surface area contributed by atoms with E-state index < -0.39 is 0 Å². The number of methoxy groups -OCH3 is 2. The van der Waals surface area contributed by atoms with Gasteiger partial charge in [0.2, 0.25) is 0 Å². The summed E-state index contributed by atoms with van der Waals surface area (Å²) in [6.07, 6.45) is 1.31. The molecule has 0 radical (unpaired) electrons. The quantitative estimate of drug-likeness (QED) is 0.838. The molecular weight excluding hydrogens is 206 g/mol. The molecule has 0 aliphatic carbocycles. The van der Waals surface area contributed by atoms with Crippen molar-refractivity contribution in [1.82, 2.24) is 5.32 Å². The molecular formula is C12H17NO3. The fourth-order valence-corrected chi connectivity index (χ4v) is 1.81. The Hall–Kier alpha value is -1.42. The molecule has 88 valence electrons. The minimum absolute atomic E-state index is 0.262. The Kier molecular flexibility index (Phi) is 3.51. The average Bonchev–Trinajstić information content (AvgIpc) is 2.81. The minimum Gasteiger partial charge on any atom is -0.493 e. The van der Waals surface area contributed by atoms with Gasteiger partial charge in [-0.25, -0.2) is 0 Å². The first-order valence-corrected chi connectivity index (χ1v) is 5.43. The highest BCUT2D eigenvalue weighted by molar-refractivity contribution is 5.45. The number of ether oxygens (including phenoxy) is 3. The van der Waals surface area contributed by atoms with Crippen LogP contribution in [-0.4, -0.2) is 33.4 Å². The first kappa shape index (κ1) is 11.1. The molecule has 2 rings (SSSR count). The molecule has 0 unspecified atom stereocenters. The van der Waals surface area contributed by atoms with Crippen LogP contribution in [-0.2, 0) is 0 Å². The molecule has 0 spiro atoms. The maximum absolute atomic E-state index is 5.82. The monoisotopic (exact) mass is 223 g/mol. The lowest BCUT2D eigenvalue weighted by Crippen LogP contribution is -2.19. The van der Waals surface area contributed by atoms with Crippen molar-refractivity contribution in [2.75, 3.05) is 27.3 Å². The number of benzene rings is 1. The van der Waals surface area contributed by atoms with Crippen molar-refractivity contribution in [3.05, 3.63) is 18.2 Å². The third-order valence-corrected chi connectivity index (χ3v) is 2.67. The zero-order chi connectivity index (χ0) is 11.4. The number of rotatable bonds is 4. The van der Waals surface area contributed by atoms with Gasteiger partial charge < -0.3 is 19.5 Å². The van der Waals surface area contributed by atoms with Crippen LogP contribution >= 0.6 is 0 Å². The highest BCUT2D eigenvalue weighted by Gasteiger charge is 2.16. The van der Waals surface area contributed by atoms with Gasteiger partial charge in [0.25, 0.3) is 0 Å². The molecule has 1 aromatic carbocycles. The standard InChI is InChI=1S/C12H17NO3/c1-14-11-4-3-9(7-12(11)15-2)16-10-5-6-13-8-10/h3-4,7,10,13H,5-6,8H2,1-2H3/t10-/m1/s1. The Labute approximate surface area is 95.5 Å². The van der Waals surface area contributed by atoms with Gasteiger partial charge in [0, 0.05) is 12.6 Å². The van der Waals surface area contributed by atoms with E-state index in [1.165, 1.54) is 0 Å². The normalized spacial score (nSPS) is 19.5. The molecule has 1 atom stereocenters. The van der Waals surface area contributed by atoms with Crippen molar-refractivity contribution in [3.8, 4) is 17.2 Å². The second kappa shape index (κ2) is 5.07. The van der Waals surface area contributed by atoms with E-state index >= 15 is 0 Å². The fraction of sp³-hybridized carbons (Fsp3) is 0.500. The minimum atomic E-state index is 0.262. The Bertz CT molecular complexity index is 348. The molecule has 0 bridgehead atoms. The molecule has 0 saturated carbocycles. The van der Waals surface area contributed by atoms with Crippen LogP contribution in [0.15, 0.2) is 18.2 Å². The number of hydrogen-bond acceptors (Lipinski definition) is 4. The van der Waals surface area contributed by atoms with Gasteiger partial charge in [-0.1, -0.05) is 0 Å². The summed E-state index contributed by atoms with van der Waals surface area (Å²) >= 11 is 0. The lowest BCUT2D eigenvalue weighted by atomic mass is 10.2. The zero-order valence-electron chi connectivity index (χ0n) is 9.66. The predicted octanol–water partition coefficient (Wildman–Crippen LogP) is 1.44. The number of hydrogen-bond donors (Lipinski definition) is 1. The molecule has 1 fully saturated rings. The van der Waals surface area contributed by atoms with E-state index in [0.29, 0.717) is 5.75 Å². The molecule has 1 aliphatic rings. The van der Waals surface area contributed by atoms with Gasteiger partial charge in [-0.05, 0) is 25.1 Å². The maximum atomic E-state index is 5.82. The van der Waals surface area contributed by atoms with E-state index in [-0.39, 0.29) is 6.10 Å². The lowest BCUT2D eigenvalue weighted by Gasteiger charge is -2.14. The molecule has 1 saturated heterocycles. The first-order valence-electron chi connectivity index (χ1n) is 5.43. The summed E-state index contributed by atoms with van der Waals surface area (Å²) < 4.78 is 16.2. The van der Waals surface area contributed by atoms with Crippen LogP contribution in [0.25, 0.3) is 0 Å². The second-order valence-corrected chi connectivity index (χ2v) is 3.75. The Morgan fingerprint density at radius 3 is 2.62 bits per heavy atom. The summed E-state index contributed by atoms with van der Waals surface area (Å²) in [5, 5.41) is 3.26. The second-order valence-electron chi connectivity index (χ2n) is 3.75. The van der Waals surface area contributed by atoms with Gasteiger partial charge >= 0.3 is 0 Å². The average molecular weight is 223 g/mol. The van der Waals surface area contributed by atoms with Crippen LogP contribution in [0.2, 0.25) is 0 Å². The summed E-state index contributed by atoms with van der Waals surface area (Å²) in [6.45, 7) is 1.94. The topological polar surface area (TPSA) is 39.7 Å². The van der Waals surface area contributed by atoms with Crippen LogP contribution in [0.1, 0.15) is 6.42 Å². The van der Waals surface area contributed by atoms with Crippen molar-refractivity contribution < 1.29 is 14.2 Å². The molecule has 16 heavy (non-hydrogen) atoms. The maximum Gasteiger partial charge on any atom is 0.164 e. The van der Waals surface area contributed by atoms with Crippen molar-refractivity contribution in [3.63, 3.8) is 0 Å². The van der Waals surface area contributed by atoms with Crippen molar-refractivity contribution in [2.45, 2.75) is 12.5 Å². The van der Waals surface area contributed by atoms with Crippen LogP contribution in [0.5, 0.6) is 17.2 Å². The van der Waals surface area contributed by atoms with Gasteiger partial charge in [0.15, 0.2) is 11.5 Å². The largest absolute Gasteiger partial charge is 0.493 e. The van der Waals surface area contributed by atoms with Crippen molar-refractivity contribution in [2.24, 2.45) is 0 Å². The van der Waals surface area contributed by atoms with Crippen LogP contribution in [0.4, 0.5) is 0 Å². The lowest BCUT2D eigenvalue weighted by molar-refractivity contribution is 0.221. The third kappa shape index (κ3) is 2.39. The van der Waals surface area contributed by atoms with Crippen LogP contribution < -0.4 is 19.5 Å². The van der Waals surface area contributed by atoms with E-state index in [1.54, 1.807) is 14.2 Å². The van der Waals surface area contributed by atoms with E-state index in [0.717, 1.165) is 31.0 Å². The smallest absolute Gasteiger partial charge is 0.164 e. The van der Waals surface area contributed by atoms with Gasteiger partial charge in [0.05, 0.1) is 14.2 Å². The Balaban J connectivity index is 2.09. The SMILES string of the molecule is COc1ccc(O[C@@H]2CCNC2)cc1OC. The number of nitrogens with one attached hydrogen (secondary N) is 1. The van der Waals surface area contributed by atoms with Crippen LogP contribution in [0, 0.1) is 0 Å². The van der Waals surface area contributed by atoms with E-state index in [1.807, 2.05) is 18.2 Å². The zero-order valence-corrected chi connectivity index (χ0v) is 9.66. The van der Waals surface area contributed by atoms with Gasteiger partial charge in [-0.15, -0.1) is 0 Å². The van der Waals surface area contributed by atoms with Gasteiger partial charge in [-0.2, -0.15) is 0 Å². The van der Waals surface area contributed by atoms with E-state index in [4.69, 9.17) is 14.2 Å². The molecule has 1 aliphatic heterocycles. The molecule has 4 nitrogen and oxygen atoms in total. The summed E-state index contributed by atoms with van der Waals surface area (Å²) in [5.74, 6) is 2.25. The summed E-state index contributed by atoms with van der Waals surface area (Å²) in [5.41, 5.74) is 0. The van der Waals surface area contributed by atoms with Crippen molar-refractivity contribution in [1.29, 1.82) is 0 Å². The Morgan fingerprint density at radius 2 is 2.00 bits per heavy atom. The third-order valence-electron chi connectivity index (χ3n) is 2.67.